The van der Waals surface area contributed by atoms with Crippen molar-refractivity contribution in [3.8, 4) is 16.3 Å². The number of hydrogen-bond donors (Lipinski definition) is 1. The Morgan fingerprint density at radius 3 is 2.76 bits per heavy atom. The number of benzene rings is 1. The van der Waals surface area contributed by atoms with Gasteiger partial charge in [0.05, 0.1) is 23.3 Å². The summed E-state index contributed by atoms with van der Waals surface area (Å²) in [6.45, 7) is 12.8. The molecule has 1 aliphatic rings. The van der Waals surface area contributed by atoms with E-state index in [1.54, 1.807) is 34.3 Å². The Labute approximate surface area is 198 Å². The fourth-order valence-corrected chi connectivity index (χ4v) is 5.10. The van der Waals surface area contributed by atoms with E-state index >= 15 is 0 Å². The minimum Gasteiger partial charge on any atom is -0.366 e. The average molecular weight is 472 g/mol. The topological polar surface area (TPSA) is 46.0 Å². The minimum atomic E-state index is -2.86. The molecule has 1 saturated heterocycles. The summed E-state index contributed by atoms with van der Waals surface area (Å²) in [7, 11) is 0. The molecular weight excluding hydrogens is 440 g/mol. The van der Waals surface area contributed by atoms with Gasteiger partial charge in [0.1, 0.15) is 5.01 Å². The van der Waals surface area contributed by atoms with Crippen molar-refractivity contribution in [1.82, 2.24) is 25.0 Å². The summed E-state index contributed by atoms with van der Waals surface area (Å²) in [4.78, 5) is 7.27. The molecule has 0 saturated carbocycles. The van der Waals surface area contributed by atoms with Crippen molar-refractivity contribution < 1.29 is 8.78 Å². The van der Waals surface area contributed by atoms with Crippen molar-refractivity contribution in [3.63, 3.8) is 0 Å². The molecule has 176 valence electrons. The highest BCUT2D eigenvalue weighted by atomic mass is 32.1. The molecule has 1 N–H and O–H groups in total. The van der Waals surface area contributed by atoms with Crippen LogP contribution < -0.4 is 5.32 Å². The summed E-state index contributed by atoms with van der Waals surface area (Å²) in [6.07, 6.45) is 5.84. The molecule has 0 unspecified atom stereocenters. The van der Waals surface area contributed by atoms with E-state index in [0.717, 1.165) is 67.0 Å². The van der Waals surface area contributed by atoms with E-state index in [4.69, 9.17) is 4.98 Å². The summed E-state index contributed by atoms with van der Waals surface area (Å²) in [5.41, 5.74) is 3.45. The second-order valence-corrected chi connectivity index (χ2v) is 9.68. The quantitative estimate of drug-likeness (QED) is 0.452. The van der Waals surface area contributed by atoms with Crippen molar-refractivity contribution in [3.05, 3.63) is 59.9 Å². The SMILES string of the molecule is C=C(c1csc(-c2cnn(-c3ccc(C(C)(F)F)cc3)c2)n1)N(CCC)[C@@H]1CNCC[C@H]1C. The van der Waals surface area contributed by atoms with Crippen LogP contribution in [0.5, 0.6) is 0 Å². The van der Waals surface area contributed by atoms with Gasteiger partial charge in [-0.3, -0.25) is 0 Å². The van der Waals surface area contributed by atoms with Crippen molar-refractivity contribution >= 4 is 17.0 Å². The van der Waals surface area contributed by atoms with Crippen LogP contribution >= 0.6 is 11.3 Å². The standard InChI is InChI=1S/C25H31F2N5S/c1-5-12-31(23-14-28-11-10-17(23)2)18(3)22-16-33-24(30-22)19-13-29-32(15-19)21-8-6-20(7-9-21)25(4,26)27/h6-9,13,15-17,23,28H,3,5,10-12,14H2,1-2,4H3/t17-,23-/m1/s1. The van der Waals surface area contributed by atoms with E-state index < -0.39 is 5.92 Å². The van der Waals surface area contributed by atoms with Crippen LogP contribution in [0.4, 0.5) is 8.78 Å². The number of nitrogens with one attached hydrogen (secondary N) is 1. The molecular formula is C25H31F2N5S. The zero-order valence-corrected chi connectivity index (χ0v) is 20.2. The number of nitrogens with zero attached hydrogens (tertiary/aromatic N) is 4. The summed E-state index contributed by atoms with van der Waals surface area (Å²) in [6, 6.07) is 6.59. The van der Waals surface area contributed by atoms with Gasteiger partial charge in [-0.15, -0.1) is 11.3 Å². The van der Waals surface area contributed by atoms with Crippen LogP contribution in [-0.2, 0) is 5.92 Å². The van der Waals surface area contributed by atoms with Gasteiger partial charge in [0, 0.05) is 48.8 Å². The maximum Gasteiger partial charge on any atom is 0.270 e. The average Bonchev–Trinajstić information content (AvgIpc) is 3.47. The van der Waals surface area contributed by atoms with Crippen molar-refractivity contribution in [2.24, 2.45) is 5.92 Å². The van der Waals surface area contributed by atoms with Crippen LogP contribution in [0.25, 0.3) is 22.0 Å². The van der Waals surface area contributed by atoms with Gasteiger partial charge >= 0.3 is 0 Å². The molecule has 0 aliphatic carbocycles. The Morgan fingerprint density at radius 2 is 2.09 bits per heavy atom. The smallest absolute Gasteiger partial charge is 0.270 e. The first-order chi connectivity index (χ1) is 15.8. The predicted octanol–water partition coefficient (Wildman–Crippen LogP) is 5.79. The molecule has 1 aromatic carbocycles. The number of aromatic nitrogens is 3. The third-order valence-electron chi connectivity index (χ3n) is 6.27. The molecule has 2 aromatic heterocycles. The monoisotopic (exact) mass is 471 g/mol. The lowest BCUT2D eigenvalue weighted by atomic mass is 9.92. The first kappa shape index (κ1) is 23.6. The Morgan fingerprint density at radius 1 is 1.33 bits per heavy atom. The molecule has 0 spiro atoms. The zero-order chi connectivity index (χ0) is 23.6. The summed E-state index contributed by atoms with van der Waals surface area (Å²) < 4.78 is 28.6. The molecule has 0 amide bonds. The lowest BCUT2D eigenvalue weighted by molar-refractivity contribution is 0.0175. The van der Waals surface area contributed by atoms with E-state index in [1.165, 1.54) is 12.1 Å². The van der Waals surface area contributed by atoms with Gasteiger partial charge in [0.2, 0.25) is 0 Å². The normalized spacial score (nSPS) is 18.9. The van der Waals surface area contributed by atoms with Gasteiger partial charge < -0.3 is 10.2 Å². The fraction of sp³-hybridized carbons (Fsp3) is 0.440. The third-order valence-corrected chi connectivity index (χ3v) is 7.16. The van der Waals surface area contributed by atoms with Crippen LogP contribution in [-0.4, -0.2) is 45.3 Å². The van der Waals surface area contributed by atoms with E-state index in [2.05, 4.69) is 41.1 Å². The van der Waals surface area contributed by atoms with E-state index in [-0.39, 0.29) is 5.56 Å². The van der Waals surface area contributed by atoms with Crippen LogP contribution in [0.15, 0.2) is 48.6 Å². The summed E-state index contributed by atoms with van der Waals surface area (Å²) in [5, 5.41) is 10.8. The lowest BCUT2D eigenvalue weighted by Gasteiger charge is -2.41. The highest BCUT2D eigenvalue weighted by Gasteiger charge is 2.29. The van der Waals surface area contributed by atoms with Crippen molar-refractivity contribution in [2.45, 2.75) is 45.6 Å². The molecule has 3 aromatic rings. The Balaban J connectivity index is 1.52. The van der Waals surface area contributed by atoms with Crippen LogP contribution in [0, 0.1) is 5.92 Å². The molecule has 8 heteroatoms. The summed E-state index contributed by atoms with van der Waals surface area (Å²) in [5.74, 6) is -2.25. The fourth-order valence-electron chi connectivity index (χ4n) is 4.30. The van der Waals surface area contributed by atoms with Gasteiger partial charge in [-0.25, -0.2) is 18.4 Å². The van der Waals surface area contributed by atoms with Gasteiger partial charge in [0.15, 0.2) is 0 Å². The molecule has 0 radical (unpaired) electrons. The number of piperidine rings is 1. The third kappa shape index (κ3) is 5.17. The van der Waals surface area contributed by atoms with Crippen molar-refractivity contribution in [2.75, 3.05) is 19.6 Å². The van der Waals surface area contributed by atoms with Crippen LogP contribution in [0.3, 0.4) is 0 Å². The molecule has 1 aliphatic heterocycles. The molecule has 0 bridgehead atoms. The number of rotatable bonds is 8. The first-order valence-corrected chi connectivity index (χ1v) is 12.3. The molecule has 5 nitrogen and oxygen atoms in total. The highest BCUT2D eigenvalue weighted by Crippen LogP contribution is 2.31. The second-order valence-electron chi connectivity index (χ2n) is 8.82. The van der Waals surface area contributed by atoms with Gasteiger partial charge in [-0.1, -0.05) is 32.6 Å². The Bertz CT molecular complexity index is 1080. The number of halogens is 2. The van der Waals surface area contributed by atoms with Gasteiger partial charge in [-0.2, -0.15) is 5.10 Å². The van der Waals surface area contributed by atoms with Gasteiger partial charge in [-0.05, 0) is 37.4 Å². The van der Waals surface area contributed by atoms with E-state index in [1.807, 2.05) is 6.20 Å². The van der Waals surface area contributed by atoms with Crippen LogP contribution in [0.2, 0.25) is 0 Å². The Kier molecular flexibility index (Phi) is 6.95. The largest absolute Gasteiger partial charge is 0.366 e. The zero-order valence-electron chi connectivity index (χ0n) is 19.4. The van der Waals surface area contributed by atoms with Crippen molar-refractivity contribution in [1.29, 1.82) is 0 Å². The molecule has 2 atom stereocenters. The molecule has 33 heavy (non-hydrogen) atoms. The minimum absolute atomic E-state index is 0.0131. The second kappa shape index (κ2) is 9.73. The number of alkyl halides is 2. The maximum atomic E-state index is 13.5. The highest BCUT2D eigenvalue weighted by molar-refractivity contribution is 7.13. The molecule has 3 heterocycles. The van der Waals surface area contributed by atoms with Crippen LogP contribution in [0.1, 0.15) is 44.9 Å². The van der Waals surface area contributed by atoms with E-state index in [0.29, 0.717) is 12.0 Å². The van der Waals surface area contributed by atoms with Gasteiger partial charge in [0.25, 0.3) is 5.92 Å². The summed E-state index contributed by atoms with van der Waals surface area (Å²) >= 11 is 1.56. The number of thiazole rings is 1. The lowest BCUT2D eigenvalue weighted by Crippen LogP contribution is -2.49. The predicted molar refractivity (Wildman–Crippen MR) is 131 cm³/mol. The first-order valence-electron chi connectivity index (χ1n) is 11.4. The maximum absolute atomic E-state index is 13.5. The molecule has 4 rings (SSSR count). The van der Waals surface area contributed by atoms with E-state index in [9.17, 15) is 8.78 Å². The number of hydrogen-bond acceptors (Lipinski definition) is 5. The molecule has 1 fully saturated rings. The Hall–Kier alpha value is -2.58.